The molecule has 0 aliphatic rings. The predicted octanol–water partition coefficient (Wildman–Crippen LogP) is 2.85. The van der Waals surface area contributed by atoms with E-state index in [9.17, 15) is 4.39 Å². The highest BCUT2D eigenvalue weighted by atomic mass is 35.5. The molecule has 90 valence electrons. The fraction of sp³-hybridized carbons (Fsp3) is 0.500. The quantitative estimate of drug-likeness (QED) is 0.856. The lowest BCUT2D eigenvalue weighted by molar-refractivity contribution is 0.271. The van der Waals surface area contributed by atoms with E-state index >= 15 is 0 Å². The number of rotatable bonds is 4. The lowest BCUT2D eigenvalue weighted by Crippen LogP contribution is -2.31. The monoisotopic (exact) mass is 244 g/mol. The minimum absolute atomic E-state index is 0.108. The van der Waals surface area contributed by atoms with Gasteiger partial charge in [-0.15, -0.1) is 0 Å². The van der Waals surface area contributed by atoms with Crippen molar-refractivity contribution in [2.75, 3.05) is 6.54 Å². The Kier molecular flexibility index (Phi) is 4.30. The van der Waals surface area contributed by atoms with Gasteiger partial charge in [0.2, 0.25) is 0 Å². The Labute approximate surface area is 101 Å². The van der Waals surface area contributed by atoms with E-state index in [1.807, 2.05) is 13.8 Å². The average Bonchev–Trinajstić information content (AvgIpc) is 2.21. The van der Waals surface area contributed by atoms with Crippen molar-refractivity contribution in [3.63, 3.8) is 0 Å². The first-order chi connectivity index (χ1) is 7.38. The predicted molar refractivity (Wildman–Crippen MR) is 65.8 cm³/mol. The van der Waals surface area contributed by atoms with Crippen LogP contribution in [-0.2, 0) is 0 Å². The van der Waals surface area contributed by atoms with Crippen LogP contribution in [0.15, 0.2) is 18.2 Å². The summed E-state index contributed by atoms with van der Waals surface area (Å²) >= 11 is 5.73. The van der Waals surface area contributed by atoms with Gasteiger partial charge in [-0.3, -0.25) is 0 Å². The Morgan fingerprint density at radius 1 is 1.44 bits per heavy atom. The van der Waals surface area contributed by atoms with E-state index < -0.39 is 5.82 Å². The van der Waals surface area contributed by atoms with Crippen molar-refractivity contribution in [3.05, 3.63) is 34.6 Å². The molecule has 0 aromatic heterocycles. The summed E-state index contributed by atoms with van der Waals surface area (Å²) < 4.78 is 13.0. The molecule has 1 aromatic rings. The van der Waals surface area contributed by atoms with Gasteiger partial charge in [0.1, 0.15) is 5.82 Å². The molecule has 0 aliphatic carbocycles. The summed E-state index contributed by atoms with van der Waals surface area (Å²) in [7, 11) is 0. The third kappa shape index (κ3) is 2.94. The highest BCUT2D eigenvalue weighted by Gasteiger charge is 2.27. The Bertz CT molecular complexity index is 366. The van der Waals surface area contributed by atoms with Gasteiger partial charge in [0.25, 0.3) is 0 Å². The van der Waals surface area contributed by atoms with Gasteiger partial charge in [0.15, 0.2) is 0 Å². The zero-order chi connectivity index (χ0) is 12.3. The zero-order valence-corrected chi connectivity index (χ0v) is 10.4. The number of hydrogen-bond donors (Lipinski definition) is 2. The molecule has 1 unspecified atom stereocenters. The maximum atomic E-state index is 13.0. The van der Waals surface area contributed by atoms with Gasteiger partial charge in [0.05, 0.1) is 5.02 Å². The second-order valence-electron chi connectivity index (χ2n) is 4.68. The molecule has 0 fully saturated rings. The van der Waals surface area contributed by atoms with Crippen molar-refractivity contribution in [2.24, 2.45) is 16.9 Å². The molecule has 2 nitrogen and oxygen atoms in total. The first-order valence-corrected chi connectivity index (χ1v) is 5.67. The Hall–Kier alpha value is -0.640. The molecular weight excluding hydrogens is 227 g/mol. The van der Waals surface area contributed by atoms with E-state index in [2.05, 4.69) is 0 Å². The molecule has 1 rings (SSSR count). The maximum absolute atomic E-state index is 13.0. The van der Waals surface area contributed by atoms with Crippen molar-refractivity contribution in [1.29, 1.82) is 0 Å². The molecule has 0 bridgehead atoms. The van der Waals surface area contributed by atoms with Gasteiger partial charge in [0, 0.05) is 6.04 Å². The summed E-state index contributed by atoms with van der Waals surface area (Å²) in [6, 6.07) is 4.40. The van der Waals surface area contributed by atoms with Gasteiger partial charge in [-0.1, -0.05) is 31.5 Å². The lowest BCUT2D eigenvalue weighted by Gasteiger charge is -2.31. The highest BCUT2D eigenvalue weighted by Crippen LogP contribution is 2.35. The molecule has 1 atom stereocenters. The maximum Gasteiger partial charge on any atom is 0.141 e. The van der Waals surface area contributed by atoms with Gasteiger partial charge in [-0.25, -0.2) is 4.39 Å². The van der Waals surface area contributed by atoms with E-state index in [-0.39, 0.29) is 16.5 Å². The molecule has 0 saturated heterocycles. The van der Waals surface area contributed by atoms with Crippen LogP contribution in [0.3, 0.4) is 0 Å². The molecule has 1 aromatic carbocycles. The smallest absolute Gasteiger partial charge is 0.141 e. The molecular formula is C12H18ClFN2. The summed E-state index contributed by atoms with van der Waals surface area (Å²) in [5.41, 5.74) is 12.4. The third-order valence-electron chi connectivity index (χ3n) is 2.93. The van der Waals surface area contributed by atoms with Gasteiger partial charge < -0.3 is 11.5 Å². The molecule has 0 aliphatic heterocycles. The zero-order valence-electron chi connectivity index (χ0n) is 9.63. The van der Waals surface area contributed by atoms with E-state index in [4.69, 9.17) is 23.1 Å². The lowest BCUT2D eigenvalue weighted by atomic mass is 9.78. The van der Waals surface area contributed by atoms with Crippen LogP contribution in [0.25, 0.3) is 0 Å². The second-order valence-corrected chi connectivity index (χ2v) is 5.09. The van der Waals surface area contributed by atoms with Crippen molar-refractivity contribution >= 4 is 11.6 Å². The van der Waals surface area contributed by atoms with Crippen LogP contribution in [0.4, 0.5) is 4.39 Å². The molecule has 0 radical (unpaired) electrons. The Balaban J connectivity index is 2.95. The summed E-state index contributed by atoms with van der Waals surface area (Å²) in [6.07, 6.45) is 0.809. The van der Waals surface area contributed by atoms with E-state index in [0.717, 1.165) is 12.0 Å². The minimum atomic E-state index is -0.422. The minimum Gasteiger partial charge on any atom is -0.330 e. The SMILES string of the molecule is CC(C)(CCN)C(N)c1ccc(F)c(Cl)c1. The van der Waals surface area contributed by atoms with Crippen molar-refractivity contribution < 1.29 is 4.39 Å². The molecule has 0 heterocycles. The van der Waals surface area contributed by atoms with Crippen LogP contribution in [0.1, 0.15) is 31.9 Å². The van der Waals surface area contributed by atoms with E-state index in [0.29, 0.717) is 6.54 Å². The Morgan fingerprint density at radius 3 is 2.56 bits per heavy atom. The van der Waals surface area contributed by atoms with Gasteiger partial charge >= 0.3 is 0 Å². The van der Waals surface area contributed by atoms with Crippen LogP contribution in [0.5, 0.6) is 0 Å². The third-order valence-corrected chi connectivity index (χ3v) is 3.22. The van der Waals surface area contributed by atoms with Crippen LogP contribution in [-0.4, -0.2) is 6.54 Å². The topological polar surface area (TPSA) is 52.0 Å². The number of halogens is 2. The van der Waals surface area contributed by atoms with E-state index in [1.54, 1.807) is 12.1 Å². The Morgan fingerprint density at radius 2 is 2.06 bits per heavy atom. The molecule has 4 heteroatoms. The fourth-order valence-corrected chi connectivity index (χ4v) is 1.87. The number of hydrogen-bond acceptors (Lipinski definition) is 2. The normalized spacial score (nSPS) is 13.9. The molecule has 0 saturated carbocycles. The summed E-state index contributed by atoms with van der Waals surface area (Å²) in [6.45, 7) is 4.67. The number of nitrogens with two attached hydrogens (primary N) is 2. The number of benzene rings is 1. The highest BCUT2D eigenvalue weighted by molar-refractivity contribution is 6.30. The summed E-state index contributed by atoms with van der Waals surface area (Å²) in [4.78, 5) is 0. The standard InChI is InChI=1S/C12H18ClFN2/c1-12(2,5-6-15)11(16)8-3-4-10(14)9(13)7-8/h3-4,7,11H,5-6,15-16H2,1-2H3. The van der Waals surface area contributed by atoms with Crippen LogP contribution < -0.4 is 11.5 Å². The van der Waals surface area contributed by atoms with Crippen molar-refractivity contribution in [3.8, 4) is 0 Å². The fourth-order valence-electron chi connectivity index (χ4n) is 1.68. The summed E-state index contributed by atoms with van der Waals surface area (Å²) in [5, 5.41) is 0.108. The molecule has 16 heavy (non-hydrogen) atoms. The molecule has 0 amide bonds. The largest absolute Gasteiger partial charge is 0.330 e. The van der Waals surface area contributed by atoms with Crippen LogP contribution >= 0.6 is 11.6 Å². The first kappa shape index (κ1) is 13.4. The van der Waals surface area contributed by atoms with Crippen molar-refractivity contribution in [2.45, 2.75) is 26.3 Å². The van der Waals surface area contributed by atoms with Gasteiger partial charge in [-0.2, -0.15) is 0 Å². The molecule has 4 N–H and O–H groups in total. The second kappa shape index (κ2) is 5.13. The van der Waals surface area contributed by atoms with Crippen molar-refractivity contribution in [1.82, 2.24) is 0 Å². The molecule has 0 spiro atoms. The van der Waals surface area contributed by atoms with Crippen LogP contribution in [0.2, 0.25) is 5.02 Å². The van der Waals surface area contributed by atoms with Gasteiger partial charge in [-0.05, 0) is 36.1 Å². The van der Waals surface area contributed by atoms with E-state index in [1.165, 1.54) is 6.07 Å². The summed E-state index contributed by atoms with van der Waals surface area (Å²) in [5.74, 6) is -0.422. The van der Waals surface area contributed by atoms with Crippen LogP contribution in [0, 0.1) is 11.2 Å². The first-order valence-electron chi connectivity index (χ1n) is 5.29. The average molecular weight is 245 g/mol.